The van der Waals surface area contributed by atoms with Crippen molar-refractivity contribution < 1.29 is 9.59 Å². The topological polar surface area (TPSA) is 49.4 Å². The Bertz CT molecular complexity index is 1130. The highest BCUT2D eigenvalue weighted by Gasteiger charge is 2.32. The molecule has 0 aliphatic heterocycles. The molecule has 36 heavy (non-hydrogen) atoms. The second-order valence-corrected chi connectivity index (χ2v) is 10.2. The SMILES string of the molecule is Cc1ccc(CN(C(=O)Cc2ccccc2C)[C@@H](Cc2ccccc2)C(=O)NC2CCCCC2)cc1. The third-order valence-corrected chi connectivity index (χ3v) is 7.30. The number of carbonyl (C=O) groups excluding carboxylic acids is 2. The fourth-order valence-corrected chi connectivity index (χ4v) is 5.06. The van der Waals surface area contributed by atoms with Crippen molar-refractivity contribution >= 4 is 11.8 Å². The lowest BCUT2D eigenvalue weighted by molar-refractivity contribution is -0.141. The molecule has 0 bridgehead atoms. The second kappa shape index (κ2) is 12.5. The molecule has 3 aromatic rings. The van der Waals surface area contributed by atoms with Crippen molar-refractivity contribution in [2.75, 3.05) is 0 Å². The Labute approximate surface area is 215 Å². The summed E-state index contributed by atoms with van der Waals surface area (Å²) >= 11 is 0. The van der Waals surface area contributed by atoms with Gasteiger partial charge in [0.05, 0.1) is 6.42 Å². The maximum atomic E-state index is 13.9. The Morgan fingerprint density at radius 3 is 2.19 bits per heavy atom. The molecule has 188 valence electrons. The summed E-state index contributed by atoms with van der Waals surface area (Å²) in [4.78, 5) is 29.5. The highest BCUT2D eigenvalue weighted by Crippen LogP contribution is 2.21. The van der Waals surface area contributed by atoms with Gasteiger partial charge in [-0.3, -0.25) is 9.59 Å². The maximum Gasteiger partial charge on any atom is 0.243 e. The van der Waals surface area contributed by atoms with Crippen molar-refractivity contribution in [2.24, 2.45) is 0 Å². The molecule has 0 aromatic heterocycles. The van der Waals surface area contributed by atoms with Gasteiger partial charge < -0.3 is 10.2 Å². The predicted octanol–water partition coefficient (Wildman–Crippen LogP) is 5.93. The summed E-state index contributed by atoms with van der Waals surface area (Å²) in [7, 11) is 0. The lowest BCUT2D eigenvalue weighted by atomic mass is 9.94. The summed E-state index contributed by atoms with van der Waals surface area (Å²) in [5.74, 6) is -0.0689. The van der Waals surface area contributed by atoms with Crippen molar-refractivity contribution in [3.63, 3.8) is 0 Å². The minimum atomic E-state index is -0.577. The normalized spacial score (nSPS) is 14.7. The highest BCUT2D eigenvalue weighted by atomic mass is 16.2. The first-order valence-electron chi connectivity index (χ1n) is 13.2. The van der Waals surface area contributed by atoms with Crippen LogP contribution < -0.4 is 5.32 Å². The Balaban J connectivity index is 1.65. The van der Waals surface area contributed by atoms with Crippen LogP contribution in [0.2, 0.25) is 0 Å². The van der Waals surface area contributed by atoms with E-state index >= 15 is 0 Å². The zero-order chi connectivity index (χ0) is 25.3. The molecular formula is C32H38N2O2. The first kappa shape index (κ1) is 25.7. The van der Waals surface area contributed by atoms with Crippen LogP contribution in [-0.4, -0.2) is 28.8 Å². The van der Waals surface area contributed by atoms with E-state index in [2.05, 4.69) is 36.5 Å². The number of carbonyl (C=O) groups is 2. The Morgan fingerprint density at radius 1 is 0.833 bits per heavy atom. The second-order valence-electron chi connectivity index (χ2n) is 10.2. The van der Waals surface area contributed by atoms with E-state index in [4.69, 9.17) is 0 Å². The molecule has 0 heterocycles. The van der Waals surface area contributed by atoms with E-state index in [-0.39, 0.29) is 24.3 Å². The molecule has 1 aliphatic carbocycles. The summed E-state index contributed by atoms with van der Waals surface area (Å²) < 4.78 is 0. The van der Waals surface area contributed by atoms with Crippen molar-refractivity contribution in [2.45, 2.75) is 77.4 Å². The molecule has 4 nitrogen and oxygen atoms in total. The summed E-state index contributed by atoms with van der Waals surface area (Å²) in [5.41, 5.74) is 5.35. The fourth-order valence-electron chi connectivity index (χ4n) is 5.06. The molecule has 0 saturated heterocycles. The number of hydrogen-bond donors (Lipinski definition) is 1. The van der Waals surface area contributed by atoms with E-state index in [9.17, 15) is 9.59 Å². The van der Waals surface area contributed by atoms with Gasteiger partial charge in [0.15, 0.2) is 0 Å². The van der Waals surface area contributed by atoms with Gasteiger partial charge in [0.1, 0.15) is 6.04 Å². The maximum absolute atomic E-state index is 13.9. The molecule has 1 aliphatic rings. The molecule has 1 N–H and O–H groups in total. The quantitative estimate of drug-likeness (QED) is 0.411. The number of nitrogens with zero attached hydrogens (tertiary/aromatic N) is 1. The third-order valence-electron chi connectivity index (χ3n) is 7.30. The lowest BCUT2D eigenvalue weighted by Crippen LogP contribution is -2.53. The molecule has 0 spiro atoms. The van der Waals surface area contributed by atoms with Crippen LogP contribution in [-0.2, 0) is 29.0 Å². The van der Waals surface area contributed by atoms with Gasteiger partial charge in [-0.25, -0.2) is 0 Å². The molecule has 4 heteroatoms. The van der Waals surface area contributed by atoms with E-state index in [0.29, 0.717) is 13.0 Å². The minimum Gasteiger partial charge on any atom is -0.352 e. The van der Waals surface area contributed by atoms with E-state index in [1.54, 1.807) is 0 Å². The summed E-state index contributed by atoms with van der Waals surface area (Å²) in [6.07, 6.45) is 6.32. The number of nitrogens with one attached hydrogen (secondary N) is 1. The molecule has 1 fully saturated rings. The van der Waals surface area contributed by atoms with Gasteiger partial charge in [0.25, 0.3) is 0 Å². The van der Waals surface area contributed by atoms with Gasteiger partial charge >= 0.3 is 0 Å². The smallest absolute Gasteiger partial charge is 0.243 e. The van der Waals surface area contributed by atoms with Gasteiger partial charge in [-0.15, -0.1) is 0 Å². The molecule has 3 aromatic carbocycles. The van der Waals surface area contributed by atoms with Crippen LogP contribution >= 0.6 is 0 Å². The molecule has 0 radical (unpaired) electrons. The standard InChI is InChI=1S/C32H38N2O2/c1-24-17-19-27(20-18-24)23-34(31(35)22-28-14-10-9-11-25(28)2)30(21-26-12-5-3-6-13-26)32(36)33-29-15-7-4-8-16-29/h3,5-6,9-14,17-20,29-30H,4,7-8,15-16,21-23H2,1-2H3,(H,33,36)/t30-/m0/s1. The lowest BCUT2D eigenvalue weighted by Gasteiger charge is -2.33. The number of aryl methyl sites for hydroxylation is 2. The monoisotopic (exact) mass is 482 g/mol. The first-order chi connectivity index (χ1) is 17.5. The Kier molecular flexibility index (Phi) is 8.94. The first-order valence-corrected chi connectivity index (χ1v) is 13.2. The van der Waals surface area contributed by atoms with E-state index in [1.807, 2.05) is 66.4 Å². The number of amides is 2. The summed E-state index contributed by atoms with van der Waals surface area (Å²) in [6.45, 7) is 4.49. The molecule has 0 unspecified atom stereocenters. The van der Waals surface area contributed by atoms with E-state index in [0.717, 1.165) is 47.9 Å². The van der Waals surface area contributed by atoms with Crippen LogP contribution in [0.1, 0.15) is 59.9 Å². The van der Waals surface area contributed by atoms with Gasteiger partial charge in [-0.2, -0.15) is 0 Å². The van der Waals surface area contributed by atoms with Crippen molar-refractivity contribution in [1.82, 2.24) is 10.2 Å². The summed E-state index contributed by atoms with van der Waals surface area (Å²) in [5, 5.41) is 3.31. The largest absolute Gasteiger partial charge is 0.352 e. The van der Waals surface area contributed by atoms with Crippen LogP contribution in [0, 0.1) is 13.8 Å². The van der Waals surface area contributed by atoms with Crippen LogP contribution in [0.15, 0.2) is 78.9 Å². The van der Waals surface area contributed by atoms with Crippen LogP contribution in [0.25, 0.3) is 0 Å². The van der Waals surface area contributed by atoms with E-state index < -0.39 is 6.04 Å². The van der Waals surface area contributed by atoms with Crippen LogP contribution in [0.3, 0.4) is 0 Å². The fraction of sp³-hybridized carbons (Fsp3) is 0.375. The number of benzene rings is 3. The Morgan fingerprint density at radius 2 is 1.50 bits per heavy atom. The molecule has 1 atom stereocenters. The van der Waals surface area contributed by atoms with Crippen LogP contribution in [0.4, 0.5) is 0 Å². The molecular weight excluding hydrogens is 444 g/mol. The summed E-state index contributed by atoms with van der Waals surface area (Å²) in [6, 6.07) is 25.9. The van der Waals surface area contributed by atoms with Crippen molar-refractivity contribution in [1.29, 1.82) is 0 Å². The van der Waals surface area contributed by atoms with Crippen molar-refractivity contribution in [3.05, 3.63) is 107 Å². The van der Waals surface area contributed by atoms with Gasteiger partial charge in [-0.05, 0) is 48.9 Å². The average molecular weight is 483 g/mol. The minimum absolute atomic E-state index is 0.0235. The van der Waals surface area contributed by atoms with Gasteiger partial charge in [-0.1, -0.05) is 104 Å². The van der Waals surface area contributed by atoms with Crippen LogP contribution in [0.5, 0.6) is 0 Å². The van der Waals surface area contributed by atoms with Gasteiger partial charge in [0, 0.05) is 19.0 Å². The zero-order valence-corrected chi connectivity index (χ0v) is 21.6. The highest BCUT2D eigenvalue weighted by molar-refractivity contribution is 5.89. The number of hydrogen-bond acceptors (Lipinski definition) is 2. The average Bonchev–Trinajstić information content (AvgIpc) is 2.89. The molecule has 4 rings (SSSR count). The Hall–Kier alpha value is -3.40. The third kappa shape index (κ3) is 7.07. The molecule has 1 saturated carbocycles. The van der Waals surface area contributed by atoms with Gasteiger partial charge in [0.2, 0.25) is 11.8 Å². The predicted molar refractivity (Wildman–Crippen MR) is 146 cm³/mol. The van der Waals surface area contributed by atoms with Crippen molar-refractivity contribution in [3.8, 4) is 0 Å². The van der Waals surface area contributed by atoms with E-state index in [1.165, 1.54) is 12.0 Å². The number of rotatable bonds is 9. The molecule has 2 amide bonds. The zero-order valence-electron chi connectivity index (χ0n) is 21.6.